The van der Waals surface area contributed by atoms with Crippen LogP contribution in [0.1, 0.15) is 56.9 Å². The average molecular weight is 304 g/mol. The summed E-state index contributed by atoms with van der Waals surface area (Å²) in [5, 5.41) is 0. The van der Waals surface area contributed by atoms with E-state index in [2.05, 4.69) is 60.8 Å². The zero-order valence-electron chi connectivity index (χ0n) is 14.2. The molecule has 0 atom stereocenters. The lowest BCUT2D eigenvalue weighted by molar-refractivity contribution is 0.211. The Balaban J connectivity index is 3.00. The summed E-state index contributed by atoms with van der Waals surface area (Å²) < 4.78 is 5.77. The van der Waals surface area contributed by atoms with Crippen molar-refractivity contribution in [3.8, 4) is 0 Å². The fraction of sp³-hybridized carbons (Fsp3) is 0.474. The van der Waals surface area contributed by atoms with Gasteiger partial charge < -0.3 is 4.74 Å². The van der Waals surface area contributed by atoms with Crippen molar-refractivity contribution in [1.82, 2.24) is 0 Å². The van der Waals surface area contributed by atoms with Gasteiger partial charge in [-0.15, -0.1) is 11.3 Å². The van der Waals surface area contributed by atoms with E-state index in [0.29, 0.717) is 12.4 Å². The molecule has 1 nitrogen and oxygen atoms in total. The molecule has 0 saturated heterocycles. The minimum atomic E-state index is 0.130. The largest absolute Gasteiger partial charge is 0.489 e. The molecule has 0 aliphatic carbocycles. The predicted molar refractivity (Wildman–Crippen MR) is 95.0 cm³/mol. The molecule has 0 aliphatic rings. The lowest BCUT2D eigenvalue weighted by Gasteiger charge is -2.19. The van der Waals surface area contributed by atoms with E-state index in [1.165, 1.54) is 15.3 Å². The second-order valence-corrected chi connectivity index (χ2v) is 8.37. The van der Waals surface area contributed by atoms with E-state index in [-0.39, 0.29) is 10.8 Å². The summed E-state index contributed by atoms with van der Waals surface area (Å²) in [7, 11) is 0. The Labute approximate surface area is 134 Å². The van der Waals surface area contributed by atoms with Crippen molar-refractivity contribution in [3.63, 3.8) is 0 Å². The minimum absolute atomic E-state index is 0.130. The molecule has 0 aliphatic heterocycles. The highest BCUT2D eigenvalue weighted by molar-refractivity contribution is 7.12. The Morgan fingerprint density at radius 2 is 1.81 bits per heavy atom. The van der Waals surface area contributed by atoms with Crippen LogP contribution >= 0.6 is 11.3 Å². The topological polar surface area (TPSA) is 9.23 Å². The predicted octanol–water partition coefficient (Wildman–Crippen LogP) is 6.12. The maximum absolute atomic E-state index is 5.77. The molecular formula is C19H28OS. The highest BCUT2D eigenvalue weighted by Gasteiger charge is 2.25. The van der Waals surface area contributed by atoms with Gasteiger partial charge in [0.1, 0.15) is 12.4 Å². The fourth-order valence-corrected chi connectivity index (χ4v) is 3.22. The molecule has 0 fully saturated rings. The average Bonchev–Trinajstić information content (AvgIpc) is 2.77. The first-order valence-corrected chi connectivity index (χ1v) is 8.12. The molecule has 116 valence electrons. The highest BCUT2D eigenvalue weighted by Crippen LogP contribution is 2.39. The van der Waals surface area contributed by atoms with Crippen LogP contribution in [0.2, 0.25) is 0 Å². The second kappa shape index (κ2) is 6.65. The molecule has 1 heterocycles. The molecule has 0 saturated carbocycles. The van der Waals surface area contributed by atoms with Gasteiger partial charge in [-0.25, -0.2) is 0 Å². The van der Waals surface area contributed by atoms with Crippen LogP contribution in [0, 0.1) is 0 Å². The number of ether oxygens (including phenoxy) is 1. The van der Waals surface area contributed by atoms with E-state index in [0.717, 1.165) is 0 Å². The van der Waals surface area contributed by atoms with Crippen LogP contribution in [0.3, 0.4) is 0 Å². The normalized spacial score (nSPS) is 12.7. The van der Waals surface area contributed by atoms with E-state index in [1.54, 1.807) is 6.08 Å². The zero-order valence-corrected chi connectivity index (χ0v) is 15.1. The van der Waals surface area contributed by atoms with Crippen molar-refractivity contribution in [2.24, 2.45) is 0 Å². The zero-order chi connectivity index (χ0) is 16.3. The second-order valence-electron chi connectivity index (χ2n) is 7.31. The van der Waals surface area contributed by atoms with Crippen LogP contribution in [0.25, 0.3) is 0 Å². The minimum Gasteiger partial charge on any atom is -0.489 e. The van der Waals surface area contributed by atoms with E-state index in [9.17, 15) is 0 Å². The van der Waals surface area contributed by atoms with E-state index in [4.69, 9.17) is 4.74 Å². The first kappa shape index (κ1) is 17.8. The van der Waals surface area contributed by atoms with Gasteiger partial charge in [0.15, 0.2) is 0 Å². The Morgan fingerprint density at radius 1 is 1.19 bits per heavy atom. The van der Waals surface area contributed by atoms with E-state index >= 15 is 0 Å². The molecule has 2 heteroatoms. The molecule has 1 rings (SSSR count). The first-order valence-electron chi connectivity index (χ1n) is 7.30. The fourth-order valence-electron chi connectivity index (χ4n) is 1.93. The van der Waals surface area contributed by atoms with Crippen LogP contribution in [0.5, 0.6) is 0 Å². The monoisotopic (exact) mass is 304 g/mol. The summed E-state index contributed by atoms with van der Waals surface area (Å²) in [6.07, 6.45) is 5.39. The van der Waals surface area contributed by atoms with Gasteiger partial charge in [-0.3, -0.25) is 0 Å². The summed E-state index contributed by atoms with van der Waals surface area (Å²) >= 11 is 1.90. The van der Waals surface area contributed by atoms with Gasteiger partial charge in [-0.1, -0.05) is 66.9 Å². The maximum Gasteiger partial charge on any atom is 0.114 e. The lowest BCUT2D eigenvalue weighted by Crippen LogP contribution is -2.11. The number of hydrogen-bond acceptors (Lipinski definition) is 2. The highest BCUT2D eigenvalue weighted by atomic mass is 32.1. The number of thiophene rings is 1. The number of hydrogen-bond donors (Lipinski definition) is 0. The van der Waals surface area contributed by atoms with E-state index < -0.39 is 0 Å². The molecular weight excluding hydrogens is 276 g/mol. The SMILES string of the molecule is C=C/C=C\C(=C)OCc1cc(C(C)(C)C)sc1C(C)(C)C. The molecule has 1 aromatic rings. The standard InChI is InChI=1S/C19H28OS/c1-9-10-11-14(2)20-13-15-12-16(18(3,4)5)21-17(15)19(6,7)8/h9-12H,1-2,13H2,3-8H3/b11-10-. The van der Waals surface area contributed by atoms with Crippen molar-refractivity contribution in [2.45, 2.75) is 59.0 Å². The molecule has 0 radical (unpaired) electrons. The molecule has 0 amide bonds. The third-order valence-electron chi connectivity index (χ3n) is 3.06. The van der Waals surface area contributed by atoms with Gasteiger partial charge in [-0.2, -0.15) is 0 Å². The number of allylic oxidation sites excluding steroid dienone is 3. The molecule has 0 unspecified atom stereocenters. The van der Waals surface area contributed by atoms with Crippen molar-refractivity contribution in [1.29, 1.82) is 0 Å². The van der Waals surface area contributed by atoms with Crippen LogP contribution in [0.4, 0.5) is 0 Å². The molecule has 0 aromatic carbocycles. The molecule has 1 aromatic heterocycles. The summed E-state index contributed by atoms with van der Waals surface area (Å²) in [4.78, 5) is 2.80. The lowest BCUT2D eigenvalue weighted by atomic mass is 9.90. The van der Waals surface area contributed by atoms with Crippen molar-refractivity contribution in [3.05, 3.63) is 58.5 Å². The Bertz CT molecular complexity index is 533. The van der Waals surface area contributed by atoms with Gasteiger partial charge in [-0.05, 0) is 23.0 Å². The third kappa shape index (κ3) is 5.20. The van der Waals surface area contributed by atoms with Crippen LogP contribution in [-0.2, 0) is 22.2 Å². The van der Waals surface area contributed by atoms with Crippen molar-refractivity contribution < 1.29 is 4.74 Å². The Hall–Kier alpha value is -1.28. The van der Waals surface area contributed by atoms with Crippen molar-refractivity contribution >= 4 is 11.3 Å². The van der Waals surface area contributed by atoms with E-state index in [1.807, 2.05) is 23.5 Å². The van der Waals surface area contributed by atoms with Gasteiger partial charge in [0.05, 0.1) is 0 Å². The van der Waals surface area contributed by atoms with Gasteiger partial charge in [0, 0.05) is 15.3 Å². The smallest absolute Gasteiger partial charge is 0.114 e. The molecule has 0 spiro atoms. The van der Waals surface area contributed by atoms with Crippen LogP contribution in [0.15, 0.2) is 43.2 Å². The van der Waals surface area contributed by atoms with Crippen LogP contribution in [-0.4, -0.2) is 0 Å². The molecule has 21 heavy (non-hydrogen) atoms. The summed E-state index contributed by atoms with van der Waals surface area (Å²) in [6, 6.07) is 2.29. The summed E-state index contributed by atoms with van der Waals surface area (Å²) in [5.41, 5.74) is 1.57. The Morgan fingerprint density at radius 3 is 2.29 bits per heavy atom. The van der Waals surface area contributed by atoms with Gasteiger partial charge >= 0.3 is 0 Å². The van der Waals surface area contributed by atoms with Crippen molar-refractivity contribution in [2.75, 3.05) is 0 Å². The Kier molecular flexibility index (Phi) is 5.63. The quantitative estimate of drug-likeness (QED) is 0.470. The maximum atomic E-state index is 5.77. The summed E-state index contributed by atoms with van der Waals surface area (Å²) in [5.74, 6) is 0.665. The van der Waals surface area contributed by atoms with Gasteiger partial charge in [0.25, 0.3) is 0 Å². The first-order chi connectivity index (χ1) is 9.55. The number of rotatable bonds is 5. The third-order valence-corrected chi connectivity index (χ3v) is 5.09. The van der Waals surface area contributed by atoms with Gasteiger partial charge in [0.2, 0.25) is 0 Å². The summed E-state index contributed by atoms with van der Waals surface area (Å²) in [6.45, 7) is 21.6. The molecule has 0 bridgehead atoms. The van der Waals surface area contributed by atoms with Crippen LogP contribution < -0.4 is 0 Å². The molecule has 0 N–H and O–H groups in total.